The Kier molecular flexibility index (Phi) is 5.21. The van der Waals surface area contributed by atoms with Gasteiger partial charge >= 0.3 is 0 Å². The monoisotopic (exact) mass is 312 g/mol. The highest BCUT2D eigenvalue weighted by molar-refractivity contribution is 7.89. The van der Waals surface area contributed by atoms with E-state index < -0.39 is 10.0 Å². The first kappa shape index (κ1) is 16.2. The van der Waals surface area contributed by atoms with E-state index in [1.54, 1.807) is 28.6 Å². The third kappa shape index (κ3) is 3.74. The van der Waals surface area contributed by atoms with Crippen LogP contribution in [0.1, 0.15) is 12.8 Å². The van der Waals surface area contributed by atoms with Crippen molar-refractivity contribution < 1.29 is 8.42 Å². The molecule has 0 amide bonds. The molecule has 1 aromatic carbocycles. The number of benzene rings is 1. The highest BCUT2D eigenvalue weighted by atomic mass is 32.2. The summed E-state index contributed by atoms with van der Waals surface area (Å²) in [5.74, 6) is 5.98. The van der Waals surface area contributed by atoms with Crippen molar-refractivity contribution in [2.75, 3.05) is 39.2 Å². The molecular formula is C14H24N4O2S. The van der Waals surface area contributed by atoms with Gasteiger partial charge in [-0.3, -0.25) is 5.84 Å². The lowest BCUT2D eigenvalue weighted by Gasteiger charge is -2.32. The zero-order chi connectivity index (χ0) is 15.5. The van der Waals surface area contributed by atoms with Crippen LogP contribution in [0.2, 0.25) is 0 Å². The van der Waals surface area contributed by atoms with Crippen molar-refractivity contribution >= 4 is 15.7 Å². The van der Waals surface area contributed by atoms with Crippen molar-refractivity contribution in [3.8, 4) is 0 Å². The van der Waals surface area contributed by atoms with Crippen molar-refractivity contribution in [2.24, 2.45) is 11.8 Å². The molecule has 0 saturated carbocycles. The zero-order valence-corrected chi connectivity index (χ0v) is 13.4. The number of hydrogen-bond acceptors (Lipinski definition) is 5. The fourth-order valence-electron chi connectivity index (χ4n) is 2.80. The van der Waals surface area contributed by atoms with E-state index in [1.165, 1.54) is 0 Å². The van der Waals surface area contributed by atoms with Crippen molar-refractivity contribution in [2.45, 2.75) is 17.7 Å². The van der Waals surface area contributed by atoms with Gasteiger partial charge in [-0.05, 0) is 45.0 Å². The number of sulfonamides is 1. The minimum atomic E-state index is -3.48. The number of nitrogens with two attached hydrogens (primary N) is 1. The summed E-state index contributed by atoms with van der Waals surface area (Å²) >= 11 is 0. The van der Waals surface area contributed by atoms with Crippen LogP contribution in [-0.4, -0.2) is 51.4 Å². The van der Waals surface area contributed by atoms with Crippen LogP contribution >= 0.6 is 0 Å². The van der Waals surface area contributed by atoms with E-state index in [0.717, 1.165) is 19.4 Å². The third-order valence-corrected chi connectivity index (χ3v) is 5.81. The van der Waals surface area contributed by atoms with Crippen LogP contribution in [0.25, 0.3) is 0 Å². The van der Waals surface area contributed by atoms with Gasteiger partial charge in [0.15, 0.2) is 0 Å². The molecule has 0 unspecified atom stereocenters. The van der Waals surface area contributed by atoms with Gasteiger partial charge in [0.1, 0.15) is 4.90 Å². The molecule has 1 aliphatic heterocycles. The summed E-state index contributed by atoms with van der Waals surface area (Å²) in [5.41, 5.74) is 2.90. The molecule has 21 heavy (non-hydrogen) atoms. The van der Waals surface area contributed by atoms with Crippen molar-refractivity contribution in [1.29, 1.82) is 0 Å². The number of piperidine rings is 1. The molecule has 0 bridgehead atoms. The molecule has 1 saturated heterocycles. The molecular weight excluding hydrogens is 288 g/mol. The largest absolute Gasteiger partial charge is 0.323 e. The molecule has 118 valence electrons. The second-order valence-electron chi connectivity index (χ2n) is 5.75. The Labute approximate surface area is 126 Å². The van der Waals surface area contributed by atoms with E-state index in [1.807, 2.05) is 14.1 Å². The summed E-state index contributed by atoms with van der Waals surface area (Å²) in [5, 5.41) is 0. The van der Waals surface area contributed by atoms with Gasteiger partial charge in [-0.1, -0.05) is 12.1 Å². The lowest BCUT2D eigenvalue weighted by Crippen LogP contribution is -2.40. The Balaban J connectivity index is 2.11. The van der Waals surface area contributed by atoms with Gasteiger partial charge < -0.3 is 10.3 Å². The van der Waals surface area contributed by atoms with Crippen LogP contribution in [0.15, 0.2) is 29.2 Å². The fraction of sp³-hybridized carbons (Fsp3) is 0.571. The van der Waals surface area contributed by atoms with E-state index in [-0.39, 0.29) is 4.90 Å². The number of rotatable bonds is 5. The number of anilines is 1. The van der Waals surface area contributed by atoms with Gasteiger partial charge in [-0.2, -0.15) is 4.31 Å². The molecule has 1 aromatic rings. The predicted molar refractivity (Wildman–Crippen MR) is 84.3 cm³/mol. The average Bonchev–Trinajstić information content (AvgIpc) is 2.47. The molecule has 1 aliphatic rings. The number of hydrazine groups is 1. The number of para-hydroxylation sites is 1. The number of nitrogen functional groups attached to an aromatic ring is 1. The van der Waals surface area contributed by atoms with E-state index >= 15 is 0 Å². The van der Waals surface area contributed by atoms with E-state index in [2.05, 4.69) is 10.3 Å². The van der Waals surface area contributed by atoms with Gasteiger partial charge in [0.2, 0.25) is 10.0 Å². The summed E-state index contributed by atoms with van der Waals surface area (Å²) < 4.78 is 27.0. The maximum absolute atomic E-state index is 12.7. The standard InChI is InChI=1S/C14H24N4O2S/c1-17(2)11-12-7-9-18(10-8-12)21(19,20)14-6-4-3-5-13(14)16-15/h3-6,12,16H,7-11,15H2,1-2H3. The number of nitrogens with zero attached hydrogens (tertiary/aromatic N) is 2. The van der Waals surface area contributed by atoms with Crippen LogP contribution in [0.3, 0.4) is 0 Å². The Morgan fingerprint density at radius 2 is 1.90 bits per heavy atom. The summed E-state index contributed by atoms with van der Waals surface area (Å²) in [6, 6.07) is 6.74. The van der Waals surface area contributed by atoms with Gasteiger partial charge in [-0.25, -0.2) is 8.42 Å². The first-order chi connectivity index (χ1) is 9.95. The maximum atomic E-state index is 12.7. The van der Waals surface area contributed by atoms with Crippen molar-refractivity contribution in [1.82, 2.24) is 9.21 Å². The Bertz CT molecular complexity index is 566. The molecule has 0 spiro atoms. The van der Waals surface area contributed by atoms with Crippen LogP contribution in [0, 0.1) is 5.92 Å². The number of hydrogen-bond donors (Lipinski definition) is 2. The second-order valence-corrected chi connectivity index (χ2v) is 7.66. The van der Waals surface area contributed by atoms with Gasteiger partial charge in [0.05, 0.1) is 5.69 Å². The molecule has 1 heterocycles. The lowest BCUT2D eigenvalue weighted by atomic mass is 9.98. The summed E-state index contributed by atoms with van der Waals surface area (Å²) in [6.07, 6.45) is 1.80. The fourth-order valence-corrected chi connectivity index (χ4v) is 4.42. The molecule has 0 aromatic heterocycles. The minimum Gasteiger partial charge on any atom is -0.323 e. The second kappa shape index (κ2) is 6.74. The van der Waals surface area contributed by atoms with E-state index in [4.69, 9.17) is 5.84 Å². The van der Waals surface area contributed by atoms with Gasteiger partial charge in [-0.15, -0.1) is 0 Å². The lowest BCUT2D eigenvalue weighted by molar-refractivity contribution is 0.225. The van der Waals surface area contributed by atoms with Crippen molar-refractivity contribution in [3.05, 3.63) is 24.3 Å². The molecule has 7 heteroatoms. The molecule has 0 aliphatic carbocycles. The summed E-state index contributed by atoms with van der Waals surface area (Å²) in [7, 11) is 0.616. The summed E-state index contributed by atoms with van der Waals surface area (Å²) in [6.45, 7) is 2.15. The molecule has 2 rings (SSSR count). The van der Waals surface area contributed by atoms with E-state index in [0.29, 0.717) is 24.7 Å². The quantitative estimate of drug-likeness (QED) is 0.625. The molecule has 0 radical (unpaired) electrons. The van der Waals surface area contributed by atoms with Crippen LogP contribution in [0.4, 0.5) is 5.69 Å². The van der Waals surface area contributed by atoms with Crippen LogP contribution in [0.5, 0.6) is 0 Å². The summed E-state index contributed by atoms with van der Waals surface area (Å²) in [4.78, 5) is 2.40. The third-order valence-electron chi connectivity index (χ3n) is 3.86. The molecule has 0 atom stereocenters. The molecule has 1 fully saturated rings. The normalized spacial score (nSPS) is 18.1. The van der Waals surface area contributed by atoms with Crippen LogP contribution in [-0.2, 0) is 10.0 Å². The Hall–Kier alpha value is -1.15. The van der Waals surface area contributed by atoms with Gasteiger partial charge in [0.25, 0.3) is 0 Å². The number of nitrogens with one attached hydrogen (secondary N) is 1. The molecule has 3 N–H and O–H groups in total. The first-order valence-corrected chi connectivity index (χ1v) is 8.59. The predicted octanol–water partition coefficient (Wildman–Crippen LogP) is 0.935. The van der Waals surface area contributed by atoms with Crippen molar-refractivity contribution in [3.63, 3.8) is 0 Å². The Morgan fingerprint density at radius 1 is 1.29 bits per heavy atom. The topological polar surface area (TPSA) is 78.7 Å². The maximum Gasteiger partial charge on any atom is 0.245 e. The average molecular weight is 312 g/mol. The molecule has 6 nitrogen and oxygen atoms in total. The highest BCUT2D eigenvalue weighted by Crippen LogP contribution is 2.27. The Morgan fingerprint density at radius 3 is 2.48 bits per heavy atom. The van der Waals surface area contributed by atoms with Crippen LogP contribution < -0.4 is 11.3 Å². The van der Waals surface area contributed by atoms with E-state index in [9.17, 15) is 8.42 Å². The zero-order valence-electron chi connectivity index (χ0n) is 12.6. The minimum absolute atomic E-state index is 0.249. The highest BCUT2D eigenvalue weighted by Gasteiger charge is 2.30. The SMILES string of the molecule is CN(C)CC1CCN(S(=O)(=O)c2ccccc2NN)CC1. The smallest absolute Gasteiger partial charge is 0.245 e. The first-order valence-electron chi connectivity index (χ1n) is 7.15. The van der Waals surface area contributed by atoms with Gasteiger partial charge in [0, 0.05) is 19.6 Å².